The summed E-state index contributed by atoms with van der Waals surface area (Å²) in [5.41, 5.74) is 3.52. The molecule has 0 saturated carbocycles. The molecule has 174 valence electrons. The molecule has 0 amide bonds. The molecule has 0 aliphatic rings. The molecule has 4 aromatic rings. The number of sulfonamides is 1. The number of nitrogens with zero attached hydrogens (tertiary/aromatic N) is 4. The Labute approximate surface area is 201 Å². The summed E-state index contributed by atoms with van der Waals surface area (Å²) in [5, 5.41) is 20.9. The Morgan fingerprint density at radius 2 is 1.71 bits per heavy atom. The van der Waals surface area contributed by atoms with Crippen LogP contribution in [0.25, 0.3) is 17.1 Å². The minimum atomic E-state index is -3.83. The van der Waals surface area contributed by atoms with E-state index in [4.69, 9.17) is 0 Å². The maximum atomic E-state index is 12.1. The molecule has 0 atom stereocenters. The van der Waals surface area contributed by atoms with Gasteiger partial charge in [0.25, 0.3) is 5.69 Å². The highest BCUT2D eigenvalue weighted by molar-refractivity contribution is 7.99. The summed E-state index contributed by atoms with van der Waals surface area (Å²) in [6.07, 6.45) is 0. The summed E-state index contributed by atoms with van der Waals surface area (Å²) in [6, 6.07) is 19.2. The normalized spacial score (nSPS) is 11.5. The van der Waals surface area contributed by atoms with Crippen LogP contribution in [0.1, 0.15) is 11.1 Å². The van der Waals surface area contributed by atoms with Crippen LogP contribution in [0.3, 0.4) is 0 Å². The van der Waals surface area contributed by atoms with Crippen molar-refractivity contribution in [3.05, 3.63) is 88.0 Å². The van der Waals surface area contributed by atoms with Crippen LogP contribution in [0.5, 0.6) is 0 Å². The quantitative estimate of drug-likeness (QED) is 0.296. The molecule has 9 nitrogen and oxygen atoms in total. The number of nitro groups is 1. The van der Waals surface area contributed by atoms with Crippen molar-refractivity contribution >= 4 is 27.5 Å². The van der Waals surface area contributed by atoms with Crippen LogP contribution in [0.2, 0.25) is 0 Å². The van der Waals surface area contributed by atoms with Crippen LogP contribution >= 0.6 is 11.8 Å². The highest BCUT2D eigenvalue weighted by Crippen LogP contribution is 2.38. The predicted octanol–water partition coefficient (Wildman–Crippen LogP) is 4.52. The van der Waals surface area contributed by atoms with Gasteiger partial charge in [-0.05, 0) is 68.0 Å². The Balaban J connectivity index is 1.87. The molecule has 1 aromatic heterocycles. The van der Waals surface area contributed by atoms with Gasteiger partial charge in [-0.2, -0.15) is 0 Å². The summed E-state index contributed by atoms with van der Waals surface area (Å²) >= 11 is 1.05. The minimum absolute atomic E-state index is 0.188. The van der Waals surface area contributed by atoms with Gasteiger partial charge >= 0.3 is 0 Å². The smallest absolute Gasteiger partial charge is 0.270 e. The molecule has 0 unspecified atom stereocenters. The van der Waals surface area contributed by atoms with Gasteiger partial charge in [-0.25, -0.2) is 13.1 Å². The standard InChI is InChI=1S/C23H21N5O4S2/c1-15-9-10-18(13-16(15)2)27-22(17-7-5-4-6-8-17)25-26-23(27)33-21-12-11-19(34(31,32)24-3)14-20(21)28(29)30/h4-14,24H,1-3H3. The second-order valence-corrected chi connectivity index (χ2v) is 10.4. The Kier molecular flexibility index (Phi) is 6.51. The summed E-state index contributed by atoms with van der Waals surface area (Å²) in [5.74, 6) is 0.586. The van der Waals surface area contributed by atoms with Crippen LogP contribution in [0.4, 0.5) is 5.69 Å². The lowest BCUT2D eigenvalue weighted by molar-refractivity contribution is -0.388. The van der Waals surface area contributed by atoms with Crippen LogP contribution in [0.15, 0.2) is 81.7 Å². The molecular formula is C23H21N5O4S2. The third-order valence-corrected chi connectivity index (χ3v) is 7.75. The fourth-order valence-electron chi connectivity index (χ4n) is 3.32. The van der Waals surface area contributed by atoms with E-state index in [9.17, 15) is 18.5 Å². The van der Waals surface area contributed by atoms with E-state index in [1.165, 1.54) is 19.2 Å². The fraction of sp³-hybridized carbons (Fsp3) is 0.130. The molecule has 1 heterocycles. The Hall–Kier alpha value is -3.54. The molecule has 0 bridgehead atoms. The van der Waals surface area contributed by atoms with E-state index in [2.05, 4.69) is 14.9 Å². The summed E-state index contributed by atoms with van der Waals surface area (Å²) in [7, 11) is -2.58. The SMILES string of the molecule is CNS(=O)(=O)c1ccc(Sc2nnc(-c3ccccc3)n2-c2ccc(C)c(C)c2)c([N+](=O)[O-])c1. The third-order valence-electron chi connectivity index (χ3n) is 5.32. The zero-order valence-electron chi connectivity index (χ0n) is 18.6. The third kappa shape index (κ3) is 4.58. The van der Waals surface area contributed by atoms with E-state index >= 15 is 0 Å². The van der Waals surface area contributed by atoms with E-state index in [0.717, 1.165) is 40.2 Å². The molecule has 11 heteroatoms. The van der Waals surface area contributed by atoms with E-state index in [0.29, 0.717) is 11.0 Å². The lowest BCUT2D eigenvalue weighted by atomic mass is 10.1. The van der Waals surface area contributed by atoms with Crippen molar-refractivity contribution in [2.45, 2.75) is 28.8 Å². The van der Waals surface area contributed by atoms with Gasteiger partial charge in [-0.3, -0.25) is 14.7 Å². The predicted molar refractivity (Wildman–Crippen MR) is 130 cm³/mol. The number of nitrogens with one attached hydrogen (secondary N) is 1. The monoisotopic (exact) mass is 495 g/mol. The number of hydrogen-bond donors (Lipinski definition) is 1. The molecule has 0 saturated heterocycles. The van der Waals surface area contributed by atoms with Gasteiger partial charge in [0, 0.05) is 11.6 Å². The maximum Gasteiger partial charge on any atom is 0.284 e. The second kappa shape index (κ2) is 9.37. The van der Waals surface area contributed by atoms with Gasteiger partial charge in [-0.1, -0.05) is 36.4 Å². The zero-order valence-corrected chi connectivity index (χ0v) is 20.2. The van der Waals surface area contributed by atoms with Crippen molar-refractivity contribution in [1.82, 2.24) is 19.5 Å². The zero-order chi connectivity index (χ0) is 24.5. The second-order valence-electron chi connectivity index (χ2n) is 7.47. The number of rotatable bonds is 7. The number of nitro benzene ring substituents is 1. The van der Waals surface area contributed by atoms with Gasteiger partial charge in [0.05, 0.1) is 20.4 Å². The number of aryl methyl sites for hydroxylation is 2. The average Bonchev–Trinajstić information content (AvgIpc) is 3.25. The number of hydrogen-bond acceptors (Lipinski definition) is 7. The first-order valence-corrected chi connectivity index (χ1v) is 12.5. The van der Waals surface area contributed by atoms with Gasteiger partial charge < -0.3 is 0 Å². The first-order chi connectivity index (χ1) is 16.2. The number of benzene rings is 3. The van der Waals surface area contributed by atoms with Crippen molar-refractivity contribution in [2.75, 3.05) is 7.05 Å². The molecule has 0 spiro atoms. The molecule has 0 radical (unpaired) electrons. The van der Waals surface area contributed by atoms with E-state index < -0.39 is 14.9 Å². The Bertz CT molecular complexity index is 1480. The van der Waals surface area contributed by atoms with E-state index in [1.807, 2.05) is 66.9 Å². The van der Waals surface area contributed by atoms with Crippen LogP contribution < -0.4 is 4.72 Å². The van der Waals surface area contributed by atoms with Gasteiger partial charge in [0.2, 0.25) is 15.2 Å². The summed E-state index contributed by atoms with van der Waals surface area (Å²) in [6.45, 7) is 4.02. The van der Waals surface area contributed by atoms with Gasteiger partial charge in [0.15, 0.2) is 5.82 Å². The lowest BCUT2D eigenvalue weighted by Crippen LogP contribution is -2.18. The molecule has 0 aliphatic heterocycles. The van der Waals surface area contributed by atoms with Crippen molar-refractivity contribution in [3.63, 3.8) is 0 Å². The molecule has 1 N–H and O–H groups in total. The van der Waals surface area contributed by atoms with Crippen molar-refractivity contribution in [1.29, 1.82) is 0 Å². The first kappa shape index (κ1) is 23.6. The fourth-order valence-corrected chi connectivity index (χ4v) is 5.00. The van der Waals surface area contributed by atoms with Crippen LogP contribution in [0, 0.1) is 24.0 Å². The molecular weight excluding hydrogens is 474 g/mol. The summed E-state index contributed by atoms with van der Waals surface area (Å²) in [4.78, 5) is 11.2. The molecule has 3 aromatic carbocycles. The maximum absolute atomic E-state index is 12.1. The molecule has 0 aliphatic carbocycles. The lowest BCUT2D eigenvalue weighted by Gasteiger charge is -2.12. The van der Waals surface area contributed by atoms with E-state index in [1.54, 1.807) is 0 Å². The highest BCUT2D eigenvalue weighted by Gasteiger charge is 2.24. The Morgan fingerprint density at radius 1 is 0.971 bits per heavy atom. The van der Waals surface area contributed by atoms with Crippen LogP contribution in [-0.4, -0.2) is 35.2 Å². The Morgan fingerprint density at radius 3 is 2.35 bits per heavy atom. The van der Waals surface area contributed by atoms with Gasteiger partial charge in [-0.15, -0.1) is 10.2 Å². The summed E-state index contributed by atoms with van der Waals surface area (Å²) < 4.78 is 28.3. The minimum Gasteiger partial charge on any atom is -0.270 e. The first-order valence-electron chi connectivity index (χ1n) is 10.2. The highest BCUT2D eigenvalue weighted by atomic mass is 32.2. The molecule has 34 heavy (non-hydrogen) atoms. The average molecular weight is 496 g/mol. The van der Waals surface area contributed by atoms with Crippen LogP contribution in [-0.2, 0) is 10.0 Å². The van der Waals surface area contributed by atoms with Crippen molar-refractivity contribution < 1.29 is 13.3 Å². The molecule has 4 rings (SSSR count). The van der Waals surface area contributed by atoms with Gasteiger partial charge in [0.1, 0.15) is 0 Å². The van der Waals surface area contributed by atoms with E-state index in [-0.39, 0.29) is 15.5 Å². The van der Waals surface area contributed by atoms with Crippen molar-refractivity contribution in [3.8, 4) is 17.1 Å². The number of aromatic nitrogens is 3. The topological polar surface area (TPSA) is 120 Å². The largest absolute Gasteiger partial charge is 0.284 e. The van der Waals surface area contributed by atoms with Crippen molar-refractivity contribution in [2.24, 2.45) is 0 Å². The molecule has 0 fully saturated rings.